The average Bonchev–Trinajstić information content (AvgIpc) is 3.12. The van der Waals surface area contributed by atoms with Crippen LogP contribution in [0.2, 0.25) is 0 Å². The van der Waals surface area contributed by atoms with Crippen molar-refractivity contribution in [2.24, 2.45) is 0 Å². The third-order valence-corrected chi connectivity index (χ3v) is 7.63. The number of carbonyl (C=O) groups is 1. The number of hydrogen-bond acceptors (Lipinski definition) is 5. The summed E-state index contributed by atoms with van der Waals surface area (Å²) in [7, 11) is -3.64. The number of carbonyl (C=O) groups excluding carboxylic acids is 1. The van der Waals surface area contributed by atoms with Gasteiger partial charge in [0.25, 0.3) is 0 Å². The Hall–Kier alpha value is -2.46. The molecule has 0 fully saturated rings. The third kappa shape index (κ3) is 5.29. The first-order chi connectivity index (χ1) is 15.4. The van der Waals surface area contributed by atoms with Crippen LogP contribution in [0.15, 0.2) is 27.9 Å². The van der Waals surface area contributed by atoms with Crippen LogP contribution >= 0.6 is 0 Å². The maximum atomic E-state index is 12.5. The molecule has 4 rings (SSSR count). The Balaban J connectivity index is 1.18. The minimum atomic E-state index is -3.64. The lowest BCUT2D eigenvalue weighted by Gasteiger charge is -2.16. The van der Waals surface area contributed by atoms with Crippen molar-refractivity contribution < 1.29 is 13.2 Å². The zero-order valence-electron chi connectivity index (χ0n) is 18.3. The number of benzene rings is 1. The summed E-state index contributed by atoms with van der Waals surface area (Å²) < 4.78 is 30.8. The van der Waals surface area contributed by atoms with Crippen LogP contribution < -0.4 is 15.7 Å². The quantitative estimate of drug-likeness (QED) is 0.544. The molecule has 9 nitrogen and oxygen atoms in total. The summed E-state index contributed by atoms with van der Waals surface area (Å²) in [6.45, 7) is 1.62. The van der Waals surface area contributed by atoms with E-state index in [4.69, 9.17) is 0 Å². The molecule has 1 aromatic carbocycles. The molecular weight excluding hydrogens is 430 g/mol. The summed E-state index contributed by atoms with van der Waals surface area (Å²) in [6, 6.07) is 5.30. The lowest BCUT2D eigenvalue weighted by atomic mass is 9.92. The number of nitrogens with zero attached hydrogens (tertiary/aromatic N) is 3. The summed E-state index contributed by atoms with van der Waals surface area (Å²) in [6.07, 6.45) is 7.69. The topological polar surface area (TPSA) is 115 Å². The Morgan fingerprint density at radius 2 is 1.81 bits per heavy atom. The van der Waals surface area contributed by atoms with Crippen molar-refractivity contribution in [1.29, 1.82) is 0 Å². The van der Waals surface area contributed by atoms with Crippen LogP contribution in [0.3, 0.4) is 0 Å². The summed E-state index contributed by atoms with van der Waals surface area (Å²) in [5.74, 6) is 0.617. The van der Waals surface area contributed by atoms with E-state index in [2.05, 4.69) is 15.1 Å². The molecule has 10 heteroatoms. The van der Waals surface area contributed by atoms with Gasteiger partial charge in [-0.25, -0.2) is 22.6 Å². The Kier molecular flexibility index (Phi) is 7.10. The highest BCUT2D eigenvalue weighted by Gasteiger charge is 2.18. The first kappa shape index (κ1) is 22.7. The maximum Gasteiger partial charge on any atom is 0.345 e. The first-order valence-corrected chi connectivity index (χ1v) is 13.0. The van der Waals surface area contributed by atoms with Gasteiger partial charge in [-0.3, -0.25) is 9.36 Å². The average molecular weight is 462 g/mol. The molecule has 1 aliphatic carbocycles. The number of rotatable bonds is 9. The summed E-state index contributed by atoms with van der Waals surface area (Å²) in [5.41, 5.74) is 2.25. The van der Waals surface area contributed by atoms with Gasteiger partial charge in [0.15, 0.2) is 0 Å². The van der Waals surface area contributed by atoms with Crippen LogP contribution in [0, 0.1) is 0 Å². The lowest BCUT2D eigenvalue weighted by molar-refractivity contribution is -0.120. The third-order valence-electron chi connectivity index (χ3n) is 6.17. The van der Waals surface area contributed by atoms with Gasteiger partial charge in [-0.1, -0.05) is 6.07 Å². The maximum absolute atomic E-state index is 12.5. The summed E-state index contributed by atoms with van der Waals surface area (Å²) >= 11 is 0. The molecule has 0 radical (unpaired) electrons. The molecule has 0 saturated carbocycles. The summed E-state index contributed by atoms with van der Waals surface area (Å²) in [4.78, 5) is 24.6. The van der Waals surface area contributed by atoms with Crippen molar-refractivity contribution in [2.45, 2.75) is 75.8 Å². The second kappa shape index (κ2) is 9.99. The van der Waals surface area contributed by atoms with Crippen molar-refractivity contribution >= 4 is 15.9 Å². The van der Waals surface area contributed by atoms with E-state index in [0.29, 0.717) is 19.5 Å². The standard InChI is InChI=1S/C22H31N5O4S/c28-21(23-12-5-15-27-22(29)26-14-4-3-8-20(26)25-27)11-13-24-32(30,31)19-10-9-17-6-1-2-7-18(17)16-19/h9-10,16,24H,1-8,11-15H2,(H,23,28). The van der Waals surface area contributed by atoms with Crippen LogP contribution in [-0.2, 0) is 47.2 Å². The molecule has 0 spiro atoms. The largest absolute Gasteiger partial charge is 0.356 e. The molecule has 2 aromatic rings. The molecule has 0 bridgehead atoms. The van der Waals surface area contributed by atoms with E-state index in [0.717, 1.165) is 62.9 Å². The van der Waals surface area contributed by atoms with Gasteiger partial charge < -0.3 is 5.32 Å². The molecule has 0 saturated heterocycles. The molecule has 1 aliphatic heterocycles. The number of aromatic nitrogens is 3. The van der Waals surface area contributed by atoms with Crippen LogP contribution in [-0.4, -0.2) is 41.8 Å². The molecule has 0 unspecified atom stereocenters. The highest BCUT2D eigenvalue weighted by atomic mass is 32.2. The van der Waals surface area contributed by atoms with Crippen LogP contribution in [0.5, 0.6) is 0 Å². The number of nitrogens with one attached hydrogen (secondary N) is 2. The van der Waals surface area contributed by atoms with Crippen molar-refractivity contribution in [2.75, 3.05) is 13.1 Å². The second-order valence-electron chi connectivity index (χ2n) is 8.52. The summed E-state index contributed by atoms with van der Waals surface area (Å²) in [5, 5.41) is 7.15. The van der Waals surface area contributed by atoms with Gasteiger partial charge >= 0.3 is 5.69 Å². The van der Waals surface area contributed by atoms with E-state index >= 15 is 0 Å². The Labute approximate surface area is 188 Å². The SMILES string of the molecule is O=C(CCNS(=O)(=O)c1ccc2c(c1)CCCC2)NCCCn1nc2n(c1=O)CCCC2. The minimum Gasteiger partial charge on any atom is -0.356 e. The van der Waals surface area contributed by atoms with Gasteiger partial charge in [-0.2, -0.15) is 5.10 Å². The Morgan fingerprint density at radius 3 is 2.62 bits per heavy atom. The Bertz CT molecular complexity index is 1140. The van der Waals surface area contributed by atoms with Crippen molar-refractivity contribution in [3.8, 4) is 0 Å². The highest BCUT2D eigenvalue weighted by molar-refractivity contribution is 7.89. The van der Waals surface area contributed by atoms with E-state index in [1.165, 1.54) is 10.2 Å². The lowest BCUT2D eigenvalue weighted by Crippen LogP contribution is -2.32. The van der Waals surface area contributed by atoms with Gasteiger partial charge in [0.05, 0.1) is 4.90 Å². The van der Waals surface area contributed by atoms with E-state index in [1.807, 2.05) is 6.07 Å². The molecule has 32 heavy (non-hydrogen) atoms. The number of aryl methyl sites for hydroxylation is 4. The predicted molar refractivity (Wildman–Crippen MR) is 120 cm³/mol. The number of hydrogen-bond donors (Lipinski definition) is 2. The van der Waals surface area contributed by atoms with Crippen molar-refractivity contribution in [3.05, 3.63) is 45.6 Å². The fourth-order valence-corrected chi connectivity index (χ4v) is 5.48. The minimum absolute atomic E-state index is 0.0402. The monoisotopic (exact) mass is 461 g/mol. The predicted octanol–water partition coefficient (Wildman–Crippen LogP) is 1.13. The molecule has 2 N–H and O–H groups in total. The van der Waals surface area contributed by atoms with Crippen molar-refractivity contribution in [3.63, 3.8) is 0 Å². The van der Waals surface area contributed by atoms with Gasteiger partial charge in [0, 0.05) is 39.0 Å². The van der Waals surface area contributed by atoms with E-state index < -0.39 is 10.0 Å². The first-order valence-electron chi connectivity index (χ1n) is 11.5. The van der Waals surface area contributed by atoms with E-state index in [1.54, 1.807) is 16.7 Å². The van der Waals surface area contributed by atoms with Gasteiger partial charge in [0.1, 0.15) is 5.82 Å². The number of sulfonamides is 1. The molecule has 2 heterocycles. The zero-order valence-corrected chi connectivity index (χ0v) is 19.1. The van der Waals surface area contributed by atoms with Gasteiger partial charge in [-0.15, -0.1) is 0 Å². The van der Waals surface area contributed by atoms with Gasteiger partial charge in [0.2, 0.25) is 15.9 Å². The normalized spacial score (nSPS) is 15.8. The molecule has 1 amide bonds. The smallest absolute Gasteiger partial charge is 0.345 e. The van der Waals surface area contributed by atoms with Crippen LogP contribution in [0.4, 0.5) is 0 Å². The van der Waals surface area contributed by atoms with Crippen LogP contribution in [0.25, 0.3) is 0 Å². The second-order valence-corrected chi connectivity index (χ2v) is 10.3. The van der Waals surface area contributed by atoms with E-state index in [-0.39, 0.29) is 29.5 Å². The fourth-order valence-electron chi connectivity index (χ4n) is 4.40. The fraction of sp³-hybridized carbons (Fsp3) is 0.591. The number of amides is 1. The number of fused-ring (bicyclic) bond motifs is 2. The molecular formula is C22H31N5O4S. The zero-order chi connectivity index (χ0) is 22.6. The van der Waals surface area contributed by atoms with Gasteiger partial charge in [-0.05, 0) is 68.2 Å². The molecule has 0 atom stereocenters. The molecule has 174 valence electrons. The van der Waals surface area contributed by atoms with Crippen LogP contribution in [0.1, 0.15) is 55.5 Å². The van der Waals surface area contributed by atoms with E-state index in [9.17, 15) is 18.0 Å². The van der Waals surface area contributed by atoms with Crippen molar-refractivity contribution in [1.82, 2.24) is 24.4 Å². The molecule has 2 aliphatic rings. The Morgan fingerprint density at radius 1 is 1.03 bits per heavy atom. The molecule has 1 aromatic heterocycles. The highest BCUT2D eigenvalue weighted by Crippen LogP contribution is 2.24.